The van der Waals surface area contributed by atoms with Crippen molar-refractivity contribution in [1.29, 1.82) is 0 Å². The van der Waals surface area contributed by atoms with Crippen LogP contribution in [-0.2, 0) is 8.64 Å². The summed E-state index contributed by atoms with van der Waals surface area (Å²) < 4.78 is 14.6. The molecule has 0 aromatic rings. The second-order valence-corrected chi connectivity index (χ2v) is 4.21. The zero-order chi connectivity index (χ0) is 6.91. The summed E-state index contributed by atoms with van der Waals surface area (Å²) >= 11 is 4.75. The van der Waals surface area contributed by atoms with Crippen LogP contribution in [0.3, 0.4) is 0 Å². The van der Waals surface area contributed by atoms with Gasteiger partial charge in [-0.2, -0.15) is 4.08 Å². The molecule has 1 rings (SSSR count). The Morgan fingerprint density at radius 3 is 2.56 bits per heavy atom. The van der Waals surface area contributed by atoms with Crippen molar-refractivity contribution in [3.8, 4) is 0 Å². The van der Waals surface area contributed by atoms with Crippen LogP contribution in [-0.4, -0.2) is 10.6 Å². The largest absolute Gasteiger partial charge is 0.351 e. The molecule has 0 aliphatic heterocycles. The molecule has 0 fully saturated rings. The lowest BCUT2D eigenvalue weighted by Crippen LogP contribution is -2.10. The molecule has 0 amide bonds. The van der Waals surface area contributed by atoms with Gasteiger partial charge in [-0.25, -0.2) is 0 Å². The fraction of sp³-hybridized carbons (Fsp3) is 0.500. The van der Waals surface area contributed by atoms with Crippen LogP contribution in [0.2, 0.25) is 0 Å². The molecule has 1 N–H and O–H groups in total. The average molecular weight is 169 g/mol. The van der Waals surface area contributed by atoms with Crippen molar-refractivity contribution < 1.29 is 13.5 Å². The van der Waals surface area contributed by atoms with Gasteiger partial charge >= 0.3 is 7.60 Å². The Morgan fingerprint density at radius 1 is 1.89 bits per heavy atom. The third kappa shape index (κ3) is 1.36. The number of hydrogen-bond donors (Lipinski definition) is 1. The van der Waals surface area contributed by atoms with Crippen molar-refractivity contribution in [3.05, 3.63) is 12.2 Å². The SMILES string of the molecule is O=P(O)(OCl)C1C=CC1. The Bertz CT molecular complexity index is 179. The van der Waals surface area contributed by atoms with Crippen LogP contribution in [0, 0.1) is 0 Å². The van der Waals surface area contributed by atoms with Crippen LogP contribution in [0.5, 0.6) is 0 Å². The summed E-state index contributed by atoms with van der Waals surface area (Å²) in [4.78, 5) is 8.79. The zero-order valence-corrected chi connectivity index (χ0v) is 6.18. The summed E-state index contributed by atoms with van der Waals surface area (Å²) in [6.45, 7) is 0. The Morgan fingerprint density at radius 2 is 2.44 bits per heavy atom. The molecule has 2 unspecified atom stereocenters. The van der Waals surface area contributed by atoms with Crippen molar-refractivity contribution in [2.75, 3.05) is 0 Å². The molecule has 0 bridgehead atoms. The average Bonchev–Trinajstić information content (AvgIpc) is 1.60. The van der Waals surface area contributed by atoms with Crippen molar-refractivity contribution in [2.45, 2.75) is 12.1 Å². The Hall–Kier alpha value is 0.180. The van der Waals surface area contributed by atoms with E-state index >= 15 is 0 Å². The summed E-state index contributed by atoms with van der Waals surface area (Å²) in [5, 5.41) is 0. The molecule has 1 aliphatic carbocycles. The Kier molecular flexibility index (Phi) is 1.97. The minimum atomic E-state index is -3.50. The molecule has 2 atom stereocenters. The first kappa shape index (κ1) is 7.29. The molecule has 9 heavy (non-hydrogen) atoms. The highest BCUT2D eigenvalue weighted by Gasteiger charge is 2.32. The molecule has 0 spiro atoms. The van der Waals surface area contributed by atoms with Crippen LogP contribution < -0.4 is 0 Å². The fourth-order valence-corrected chi connectivity index (χ4v) is 1.69. The summed E-state index contributed by atoms with van der Waals surface area (Å²) in [6, 6.07) is 0. The molecule has 52 valence electrons. The van der Waals surface area contributed by atoms with E-state index in [0.29, 0.717) is 6.42 Å². The van der Waals surface area contributed by atoms with Crippen LogP contribution >= 0.6 is 19.5 Å². The van der Waals surface area contributed by atoms with E-state index < -0.39 is 7.60 Å². The van der Waals surface area contributed by atoms with Crippen LogP contribution in [0.15, 0.2) is 12.2 Å². The van der Waals surface area contributed by atoms with Gasteiger partial charge in [0.15, 0.2) is 0 Å². The quantitative estimate of drug-likeness (QED) is 0.504. The maximum atomic E-state index is 10.7. The lowest BCUT2D eigenvalue weighted by atomic mass is 10.1. The van der Waals surface area contributed by atoms with E-state index in [1.165, 1.54) is 0 Å². The highest BCUT2D eigenvalue weighted by molar-refractivity contribution is 7.54. The third-order valence-corrected chi connectivity index (χ3v) is 3.27. The van der Waals surface area contributed by atoms with Crippen molar-refractivity contribution in [1.82, 2.24) is 0 Å². The van der Waals surface area contributed by atoms with E-state index in [4.69, 9.17) is 16.8 Å². The molecule has 0 heterocycles. The van der Waals surface area contributed by atoms with Gasteiger partial charge in [0.25, 0.3) is 0 Å². The van der Waals surface area contributed by atoms with Crippen molar-refractivity contribution in [2.24, 2.45) is 0 Å². The topological polar surface area (TPSA) is 46.5 Å². The first-order chi connectivity index (χ1) is 4.17. The molecule has 0 aromatic heterocycles. The summed E-state index contributed by atoms with van der Waals surface area (Å²) in [6.07, 6.45) is 3.99. The van der Waals surface area contributed by atoms with E-state index in [2.05, 4.69) is 4.08 Å². The number of rotatable bonds is 2. The maximum Gasteiger partial charge on any atom is 0.351 e. The third-order valence-electron chi connectivity index (χ3n) is 1.25. The van der Waals surface area contributed by atoms with Crippen molar-refractivity contribution in [3.63, 3.8) is 0 Å². The smallest absolute Gasteiger partial charge is 0.323 e. The summed E-state index contributed by atoms with van der Waals surface area (Å²) in [5.74, 6) is 0. The highest BCUT2D eigenvalue weighted by Crippen LogP contribution is 2.53. The van der Waals surface area contributed by atoms with Crippen LogP contribution in [0.1, 0.15) is 6.42 Å². The maximum absolute atomic E-state index is 10.7. The lowest BCUT2D eigenvalue weighted by molar-refractivity contribution is 0.382. The second-order valence-electron chi connectivity index (χ2n) is 1.86. The molecule has 5 heteroatoms. The summed E-state index contributed by atoms with van der Waals surface area (Å²) in [7, 11) is -3.50. The molecule has 3 nitrogen and oxygen atoms in total. The normalized spacial score (nSPS) is 31.1. The molecule has 0 saturated carbocycles. The minimum Gasteiger partial charge on any atom is -0.323 e. The van der Waals surface area contributed by atoms with Gasteiger partial charge in [-0.1, -0.05) is 12.2 Å². The van der Waals surface area contributed by atoms with Crippen molar-refractivity contribution >= 4 is 19.5 Å². The highest BCUT2D eigenvalue weighted by atomic mass is 35.5. The predicted molar refractivity (Wildman–Crippen MR) is 34.3 cm³/mol. The zero-order valence-electron chi connectivity index (χ0n) is 4.53. The molecular weight excluding hydrogens is 162 g/mol. The van der Waals surface area contributed by atoms with E-state index in [0.717, 1.165) is 0 Å². The standard InChI is InChI=1S/C4H6ClO3P/c5-8-9(6,7)4-2-1-3-4/h1-2,4H,3H2,(H,6,7). The Balaban J connectivity index is 2.60. The van der Waals surface area contributed by atoms with Gasteiger partial charge in [-0.3, -0.25) is 4.57 Å². The monoisotopic (exact) mass is 168 g/mol. The lowest BCUT2D eigenvalue weighted by Gasteiger charge is -2.19. The van der Waals surface area contributed by atoms with Crippen LogP contribution in [0.4, 0.5) is 0 Å². The van der Waals surface area contributed by atoms with Crippen LogP contribution in [0.25, 0.3) is 0 Å². The van der Waals surface area contributed by atoms with Gasteiger partial charge < -0.3 is 4.89 Å². The van der Waals surface area contributed by atoms with Gasteiger partial charge in [0.05, 0.1) is 17.5 Å². The molecular formula is C4H6ClO3P. The second kappa shape index (κ2) is 2.43. The van der Waals surface area contributed by atoms with Gasteiger partial charge in [0.2, 0.25) is 0 Å². The van der Waals surface area contributed by atoms with Gasteiger partial charge in [0, 0.05) is 0 Å². The van der Waals surface area contributed by atoms with Gasteiger partial charge in [0.1, 0.15) is 0 Å². The number of allylic oxidation sites excluding steroid dienone is 2. The summed E-state index contributed by atoms with van der Waals surface area (Å²) in [5.41, 5.74) is -0.380. The minimum absolute atomic E-state index is 0.380. The van der Waals surface area contributed by atoms with E-state index in [-0.39, 0.29) is 5.66 Å². The molecule has 0 radical (unpaired) electrons. The van der Waals surface area contributed by atoms with Gasteiger partial charge in [-0.05, 0) is 6.42 Å². The van der Waals surface area contributed by atoms with E-state index in [9.17, 15) is 4.57 Å². The first-order valence-electron chi connectivity index (χ1n) is 2.46. The number of hydrogen-bond acceptors (Lipinski definition) is 2. The van der Waals surface area contributed by atoms with Gasteiger partial charge in [-0.15, -0.1) is 0 Å². The fourth-order valence-electron chi connectivity index (χ4n) is 0.551. The van der Waals surface area contributed by atoms with E-state index in [1.807, 2.05) is 0 Å². The molecule has 0 saturated heterocycles. The number of halogens is 1. The predicted octanol–water partition coefficient (Wildman–Crippen LogP) is 1.67. The van der Waals surface area contributed by atoms with E-state index in [1.54, 1.807) is 12.2 Å². The molecule has 0 aromatic carbocycles. The molecule has 1 aliphatic rings. The first-order valence-corrected chi connectivity index (χ1v) is 4.42. The Labute approximate surface area is 58.0 Å².